The standard InChI is InChI=1S/C27H29F3N4O3/c1-15-6-5-9-19-21(15)33-26(37)24(32-22(19)17-7-3-2-4-8-17)34-25(36)18(12-13-27(28,29)30)20(23(31)35)14-16-10-11-16/h2-9,16,18,20,24H,10-14H2,1H3,(H2,31,35)(H,33,37)(H,34,36)/t18-,20+,24-/m1/s1. The summed E-state index contributed by atoms with van der Waals surface area (Å²) in [5.41, 5.74) is 8.64. The van der Waals surface area contributed by atoms with Crippen molar-refractivity contribution in [2.75, 3.05) is 5.32 Å². The maximum absolute atomic E-state index is 13.4. The van der Waals surface area contributed by atoms with Crippen LogP contribution in [-0.2, 0) is 14.4 Å². The number of hydrogen-bond donors (Lipinski definition) is 3. The number of halogens is 3. The van der Waals surface area contributed by atoms with Crippen molar-refractivity contribution in [1.29, 1.82) is 0 Å². The van der Waals surface area contributed by atoms with Gasteiger partial charge in [-0.25, -0.2) is 4.99 Å². The summed E-state index contributed by atoms with van der Waals surface area (Å²) in [6.07, 6.45) is -5.88. The molecule has 3 atom stereocenters. The highest BCUT2D eigenvalue weighted by Crippen LogP contribution is 2.39. The van der Waals surface area contributed by atoms with E-state index in [-0.39, 0.29) is 12.3 Å². The fraction of sp³-hybridized carbons (Fsp3) is 0.407. The van der Waals surface area contributed by atoms with Crippen LogP contribution in [-0.4, -0.2) is 35.8 Å². The van der Waals surface area contributed by atoms with Crippen LogP contribution >= 0.6 is 0 Å². The molecule has 2 aromatic carbocycles. The highest BCUT2D eigenvalue weighted by atomic mass is 19.4. The van der Waals surface area contributed by atoms with Gasteiger partial charge in [-0.05, 0) is 31.2 Å². The zero-order valence-electron chi connectivity index (χ0n) is 20.3. The summed E-state index contributed by atoms with van der Waals surface area (Å²) in [6, 6.07) is 14.5. The number of nitrogens with zero attached hydrogens (tertiary/aromatic N) is 1. The third-order valence-electron chi connectivity index (χ3n) is 6.82. The number of carbonyl (C=O) groups excluding carboxylic acids is 3. The Bertz CT molecular complexity index is 1210. The number of anilines is 1. The minimum atomic E-state index is -4.52. The van der Waals surface area contributed by atoms with Crippen LogP contribution in [0.15, 0.2) is 53.5 Å². The van der Waals surface area contributed by atoms with Crippen LogP contribution in [0.2, 0.25) is 0 Å². The van der Waals surface area contributed by atoms with Crippen LogP contribution < -0.4 is 16.4 Å². The molecule has 1 aliphatic heterocycles. The van der Waals surface area contributed by atoms with E-state index in [9.17, 15) is 27.6 Å². The summed E-state index contributed by atoms with van der Waals surface area (Å²) < 4.78 is 39.3. The molecule has 1 heterocycles. The van der Waals surface area contributed by atoms with Crippen molar-refractivity contribution in [2.24, 2.45) is 28.5 Å². The second-order valence-corrected chi connectivity index (χ2v) is 9.69. The molecule has 1 fully saturated rings. The average Bonchev–Trinajstić information content (AvgIpc) is 3.67. The Morgan fingerprint density at radius 3 is 2.43 bits per heavy atom. The number of primary amides is 1. The number of amides is 3. The van der Waals surface area contributed by atoms with Crippen molar-refractivity contribution in [3.63, 3.8) is 0 Å². The molecule has 0 saturated heterocycles. The maximum atomic E-state index is 13.4. The Kier molecular flexibility index (Phi) is 7.65. The topological polar surface area (TPSA) is 114 Å². The first-order valence-corrected chi connectivity index (χ1v) is 12.2. The number of alkyl halides is 3. The largest absolute Gasteiger partial charge is 0.389 e. The van der Waals surface area contributed by atoms with E-state index in [1.165, 1.54) is 0 Å². The summed E-state index contributed by atoms with van der Waals surface area (Å²) in [6.45, 7) is 1.82. The van der Waals surface area contributed by atoms with Gasteiger partial charge in [0.05, 0.1) is 11.4 Å². The fourth-order valence-electron chi connectivity index (χ4n) is 4.67. The number of rotatable bonds is 9. The number of nitrogens with one attached hydrogen (secondary N) is 2. The van der Waals surface area contributed by atoms with E-state index < -0.39 is 54.7 Å². The Balaban J connectivity index is 1.67. The Labute approximate surface area is 212 Å². The lowest BCUT2D eigenvalue weighted by molar-refractivity contribution is -0.146. The molecule has 2 aliphatic rings. The normalized spacial score (nSPS) is 19.1. The predicted octanol–water partition coefficient (Wildman–Crippen LogP) is 4.09. The molecule has 3 amide bonds. The van der Waals surface area contributed by atoms with Crippen LogP contribution in [0.4, 0.5) is 18.9 Å². The maximum Gasteiger partial charge on any atom is 0.389 e. The fourth-order valence-corrected chi connectivity index (χ4v) is 4.67. The van der Waals surface area contributed by atoms with Gasteiger partial charge in [-0.15, -0.1) is 0 Å². The van der Waals surface area contributed by atoms with E-state index >= 15 is 0 Å². The highest BCUT2D eigenvalue weighted by Gasteiger charge is 2.41. The quantitative estimate of drug-likeness (QED) is 0.468. The number of aliphatic imine (C=N–C) groups is 1. The first kappa shape index (κ1) is 26.4. The SMILES string of the molecule is Cc1cccc2c1NC(=O)[C@@H](NC(=O)[C@H](CCC(F)(F)F)[C@H](CC1CC1)C(N)=O)N=C2c1ccccc1. The van der Waals surface area contributed by atoms with E-state index in [0.717, 1.165) is 18.4 Å². The number of aryl methyl sites for hydroxylation is 1. The first-order valence-electron chi connectivity index (χ1n) is 12.2. The molecule has 0 radical (unpaired) electrons. The number of hydrogen-bond acceptors (Lipinski definition) is 4. The molecular formula is C27H29F3N4O3. The average molecular weight is 515 g/mol. The molecule has 1 saturated carbocycles. The van der Waals surface area contributed by atoms with Crippen LogP contribution in [0.5, 0.6) is 0 Å². The number of nitrogens with two attached hydrogens (primary N) is 1. The van der Waals surface area contributed by atoms with Crippen molar-refractivity contribution >= 4 is 29.1 Å². The monoisotopic (exact) mass is 514 g/mol. The van der Waals surface area contributed by atoms with Gasteiger partial charge in [0.1, 0.15) is 0 Å². The molecule has 0 unspecified atom stereocenters. The number of fused-ring (bicyclic) bond motifs is 1. The number of carbonyl (C=O) groups is 3. The van der Waals surface area contributed by atoms with E-state index in [0.29, 0.717) is 22.5 Å². The van der Waals surface area contributed by atoms with Crippen LogP contribution in [0.3, 0.4) is 0 Å². The van der Waals surface area contributed by atoms with Gasteiger partial charge in [0.15, 0.2) is 0 Å². The number of benzodiazepines with no additional fused rings is 1. The van der Waals surface area contributed by atoms with Crippen molar-refractivity contribution in [3.05, 3.63) is 65.2 Å². The number of benzene rings is 2. The van der Waals surface area contributed by atoms with Gasteiger partial charge in [0.25, 0.3) is 5.91 Å². The summed E-state index contributed by atoms with van der Waals surface area (Å²) in [5.74, 6) is -4.57. The molecular weight excluding hydrogens is 485 g/mol. The van der Waals surface area contributed by atoms with Crippen LogP contribution in [0, 0.1) is 24.7 Å². The Hall–Kier alpha value is -3.69. The van der Waals surface area contributed by atoms with Crippen LogP contribution in [0.1, 0.15) is 48.8 Å². The van der Waals surface area contributed by atoms with Gasteiger partial charge >= 0.3 is 6.18 Å². The molecule has 1 aliphatic carbocycles. The molecule has 196 valence electrons. The zero-order chi connectivity index (χ0) is 26.7. The predicted molar refractivity (Wildman–Crippen MR) is 133 cm³/mol. The van der Waals surface area contributed by atoms with E-state index in [2.05, 4.69) is 15.6 Å². The van der Waals surface area contributed by atoms with Crippen molar-refractivity contribution < 1.29 is 27.6 Å². The van der Waals surface area contributed by atoms with E-state index in [1.54, 1.807) is 6.07 Å². The molecule has 2 aromatic rings. The summed E-state index contributed by atoms with van der Waals surface area (Å²) in [7, 11) is 0. The van der Waals surface area contributed by atoms with Gasteiger partial charge in [-0.1, -0.05) is 61.4 Å². The minimum Gasteiger partial charge on any atom is -0.369 e. The smallest absolute Gasteiger partial charge is 0.369 e. The first-order chi connectivity index (χ1) is 17.5. The lowest BCUT2D eigenvalue weighted by Crippen LogP contribution is -2.48. The molecule has 4 N–H and O–H groups in total. The van der Waals surface area contributed by atoms with Crippen molar-refractivity contribution in [3.8, 4) is 0 Å². The summed E-state index contributed by atoms with van der Waals surface area (Å²) in [4.78, 5) is 43.3. The van der Waals surface area contributed by atoms with Crippen LogP contribution in [0.25, 0.3) is 0 Å². The van der Waals surface area contributed by atoms with E-state index in [4.69, 9.17) is 5.73 Å². The summed E-state index contributed by atoms with van der Waals surface area (Å²) in [5, 5.41) is 5.31. The number of para-hydroxylation sites is 1. The lowest BCUT2D eigenvalue weighted by Gasteiger charge is -2.26. The second-order valence-electron chi connectivity index (χ2n) is 9.69. The Morgan fingerprint density at radius 2 is 1.81 bits per heavy atom. The van der Waals surface area contributed by atoms with Crippen molar-refractivity contribution in [1.82, 2.24) is 5.32 Å². The molecule has 37 heavy (non-hydrogen) atoms. The van der Waals surface area contributed by atoms with Gasteiger partial charge in [0.2, 0.25) is 18.0 Å². The Morgan fingerprint density at radius 1 is 1.11 bits per heavy atom. The molecule has 0 aromatic heterocycles. The zero-order valence-corrected chi connectivity index (χ0v) is 20.3. The van der Waals surface area contributed by atoms with Gasteiger partial charge in [0, 0.05) is 29.4 Å². The van der Waals surface area contributed by atoms with E-state index in [1.807, 2.05) is 49.4 Å². The van der Waals surface area contributed by atoms with Gasteiger partial charge in [-0.3, -0.25) is 14.4 Å². The van der Waals surface area contributed by atoms with Crippen molar-refractivity contribution in [2.45, 2.75) is 51.4 Å². The molecule has 7 nitrogen and oxygen atoms in total. The van der Waals surface area contributed by atoms with Gasteiger partial charge in [-0.2, -0.15) is 13.2 Å². The highest BCUT2D eigenvalue weighted by molar-refractivity contribution is 6.20. The molecule has 4 rings (SSSR count). The third-order valence-corrected chi connectivity index (χ3v) is 6.82. The minimum absolute atomic E-state index is 0.153. The van der Waals surface area contributed by atoms with Gasteiger partial charge < -0.3 is 16.4 Å². The molecule has 0 bridgehead atoms. The molecule has 10 heteroatoms. The summed E-state index contributed by atoms with van der Waals surface area (Å²) >= 11 is 0. The molecule has 0 spiro atoms. The second kappa shape index (κ2) is 10.7. The lowest BCUT2D eigenvalue weighted by atomic mass is 9.83. The third kappa shape index (κ3) is 6.55.